The minimum Gasteiger partial charge on any atom is -0.508 e. The van der Waals surface area contributed by atoms with E-state index < -0.39 is 5.97 Å². The summed E-state index contributed by atoms with van der Waals surface area (Å²) in [5.41, 5.74) is 1.62. The summed E-state index contributed by atoms with van der Waals surface area (Å²) < 4.78 is 11.3. The van der Waals surface area contributed by atoms with E-state index in [1.54, 1.807) is 12.1 Å². The number of piperidine rings is 3. The molecule has 3 heterocycles. The Morgan fingerprint density at radius 1 is 1.09 bits per heavy atom. The Balaban J connectivity index is 0.000000248. The summed E-state index contributed by atoms with van der Waals surface area (Å²) in [6.07, 6.45) is 2.11. The maximum atomic E-state index is 12.0. The second-order valence-electron chi connectivity index (χ2n) is 8.99. The Hall–Kier alpha value is -3.26. The maximum absolute atomic E-state index is 12.0. The monoisotopic (exact) mass is 470 g/mol. The third-order valence-electron chi connectivity index (χ3n) is 5.83. The van der Waals surface area contributed by atoms with Crippen LogP contribution in [0.1, 0.15) is 37.8 Å². The predicted molar refractivity (Wildman–Crippen MR) is 128 cm³/mol. The average Bonchev–Trinajstić information content (AvgIpc) is 2.78. The summed E-state index contributed by atoms with van der Waals surface area (Å²) in [6, 6.07) is 14.0. The van der Waals surface area contributed by atoms with Gasteiger partial charge in [0.2, 0.25) is 0 Å². The van der Waals surface area contributed by atoms with Crippen molar-refractivity contribution in [3.05, 3.63) is 59.7 Å². The number of phenols is 1. The number of rotatable bonds is 7. The number of carboxylic acids is 1. The van der Waals surface area contributed by atoms with E-state index in [1.807, 2.05) is 38.1 Å². The lowest BCUT2D eigenvalue weighted by Gasteiger charge is -2.43. The average molecular weight is 471 g/mol. The van der Waals surface area contributed by atoms with E-state index in [9.17, 15) is 9.59 Å². The van der Waals surface area contributed by atoms with Gasteiger partial charge in [-0.2, -0.15) is 0 Å². The van der Waals surface area contributed by atoms with Crippen LogP contribution in [-0.2, 0) is 22.5 Å². The molecule has 8 nitrogen and oxygen atoms in total. The molecule has 0 saturated carbocycles. The van der Waals surface area contributed by atoms with Crippen molar-refractivity contribution in [2.75, 3.05) is 19.6 Å². The van der Waals surface area contributed by atoms with Crippen LogP contribution in [0, 0.1) is 5.92 Å². The SMILES string of the molecule is CC(C)Oc1cccc(CNC(=O)OC2CN3CCC2CC3)c1.O=C(O)Cc1cccc(O)c1. The van der Waals surface area contributed by atoms with Gasteiger partial charge in [-0.1, -0.05) is 24.3 Å². The zero-order chi connectivity index (χ0) is 24.5. The van der Waals surface area contributed by atoms with Gasteiger partial charge in [0.1, 0.15) is 17.6 Å². The molecule has 3 aliphatic rings. The quantitative estimate of drug-likeness (QED) is 0.565. The first-order valence-corrected chi connectivity index (χ1v) is 11.7. The fraction of sp³-hybridized carbons (Fsp3) is 0.462. The lowest BCUT2D eigenvalue weighted by molar-refractivity contribution is -0.136. The molecule has 2 aromatic rings. The number of carbonyl (C=O) groups excluding carboxylic acids is 1. The Labute approximate surface area is 200 Å². The molecular weight excluding hydrogens is 436 g/mol. The molecule has 1 amide bonds. The molecule has 0 radical (unpaired) electrons. The van der Waals surface area contributed by atoms with E-state index in [1.165, 1.54) is 12.1 Å². The number of carbonyl (C=O) groups is 2. The van der Waals surface area contributed by atoms with Gasteiger partial charge in [-0.15, -0.1) is 0 Å². The molecule has 0 spiro atoms. The molecule has 0 aliphatic carbocycles. The predicted octanol–water partition coefficient (Wildman–Crippen LogP) is 3.81. The van der Waals surface area contributed by atoms with Crippen LogP contribution in [0.25, 0.3) is 0 Å². The lowest BCUT2D eigenvalue weighted by atomic mass is 9.86. The maximum Gasteiger partial charge on any atom is 0.407 e. The second-order valence-corrected chi connectivity index (χ2v) is 8.99. The molecule has 8 heteroatoms. The van der Waals surface area contributed by atoms with Crippen molar-refractivity contribution >= 4 is 12.1 Å². The van der Waals surface area contributed by atoms with Crippen LogP contribution in [0.3, 0.4) is 0 Å². The van der Waals surface area contributed by atoms with E-state index >= 15 is 0 Å². The molecule has 3 N–H and O–H groups in total. The molecule has 2 aromatic carbocycles. The van der Waals surface area contributed by atoms with Gasteiger partial charge in [0.05, 0.1) is 12.5 Å². The van der Waals surface area contributed by atoms with Crippen molar-refractivity contribution in [1.82, 2.24) is 10.2 Å². The number of hydrogen-bond acceptors (Lipinski definition) is 6. The summed E-state index contributed by atoms with van der Waals surface area (Å²) in [4.78, 5) is 24.6. The third kappa shape index (κ3) is 8.26. The van der Waals surface area contributed by atoms with Gasteiger partial charge in [0.15, 0.2) is 0 Å². The van der Waals surface area contributed by atoms with E-state index in [0.717, 1.165) is 43.8 Å². The van der Waals surface area contributed by atoms with Crippen LogP contribution < -0.4 is 10.1 Å². The van der Waals surface area contributed by atoms with E-state index in [0.29, 0.717) is 18.0 Å². The zero-order valence-electron chi connectivity index (χ0n) is 19.8. The first kappa shape index (κ1) is 25.4. The van der Waals surface area contributed by atoms with Gasteiger partial charge in [-0.3, -0.25) is 9.69 Å². The minimum absolute atomic E-state index is 0.0472. The van der Waals surface area contributed by atoms with Gasteiger partial charge >= 0.3 is 12.1 Å². The number of aliphatic carboxylic acids is 1. The van der Waals surface area contributed by atoms with Crippen LogP contribution in [0.2, 0.25) is 0 Å². The topological polar surface area (TPSA) is 108 Å². The van der Waals surface area contributed by atoms with Crippen molar-refractivity contribution in [3.63, 3.8) is 0 Å². The van der Waals surface area contributed by atoms with Gasteiger partial charge in [-0.05, 0) is 81.1 Å². The Bertz CT molecular complexity index is 956. The third-order valence-corrected chi connectivity index (χ3v) is 5.83. The minimum atomic E-state index is -0.893. The highest BCUT2D eigenvalue weighted by Gasteiger charge is 2.36. The van der Waals surface area contributed by atoms with E-state index in [4.69, 9.17) is 19.7 Å². The summed E-state index contributed by atoms with van der Waals surface area (Å²) in [6.45, 7) is 7.63. The molecule has 184 valence electrons. The molecule has 34 heavy (non-hydrogen) atoms. The number of benzene rings is 2. The molecule has 2 bridgehead atoms. The highest BCUT2D eigenvalue weighted by Crippen LogP contribution is 2.29. The Kier molecular flexibility index (Phi) is 9.16. The summed E-state index contributed by atoms with van der Waals surface area (Å²) in [5, 5.41) is 20.2. The van der Waals surface area contributed by atoms with Crippen molar-refractivity contribution in [2.24, 2.45) is 5.92 Å². The largest absolute Gasteiger partial charge is 0.508 e. The molecular formula is C26H34N2O6. The van der Waals surface area contributed by atoms with Gasteiger partial charge in [0.25, 0.3) is 0 Å². The first-order chi connectivity index (χ1) is 16.3. The lowest BCUT2D eigenvalue weighted by Crippen LogP contribution is -2.52. The smallest absolute Gasteiger partial charge is 0.407 e. The van der Waals surface area contributed by atoms with Gasteiger partial charge < -0.3 is 25.0 Å². The van der Waals surface area contributed by atoms with Crippen molar-refractivity contribution in [3.8, 4) is 11.5 Å². The van der Waals surface area contributed by atoms with Crippen LogP contribution in [-0.4, -0.2) is 59.0 Å². The van der Waals surface area contributed by atoms with E-state index in [-0.39, 0.29) is 30.5 Å². The summed E-state index contributed by atoms with van der Waals surface area (Å²) >= 11 is 0. The molecule has 5 rings (SSSR count). The van der Waals surface area contributed by atoms with Crippen LogP contribution in [0.4, 0.5) is 4.79 Å². The van der Waals surface area contributed by atoms with Gasteiger partial charge in [0, 0.05) is 13.1 Å². The molecule has 1 unspecified atom stereocenters. The number of hydrogen-bond donors (Lipinski definition) is 3. The van der Waals surface area contributed by atoms with Crippen LogP contribution in [0.5, 0.6) is 11.5 Å². The molecule has 3 fully saturated rings. The number of fused-ring (bicyclic) bond motifs is 3. The number of phenolic OH excluding ortho intramolecular Hbond substituents is 1. The number of alkyl carbamates (subject to hydrolysis) is 1. The van der Waals surface area contributed by atoms with Crippen molar-refractivity contribution in [2.45, 2.75) is 51.9 Å². The Morgan fingerprint density at radius 2 is 1.79 bits per heavy atom. The van der Waals surface area contributed by atoms with Crippen LogP contribution >= 0.6 is 0 Å². The second kappa shape index (κ2) is 12.3. The number of ether oxygens (including phenoxy) is 2. The molecule has 1 atom stereocenters. The number of nitrogens with one attached hydrogen (secondary N) is 1. The molecule has 3 aliphatic heterocycles. The van der Waals surface area contributed by atoms with Crippen molar-refractivity contribution < 1.29 is 29.3 Å². The number of nitrogens with zero attached hydrogens (tertiary/aromatic N) is 1. The molecule has 3 saturated heterocycles. The standard InChI is InChI=1S/C18H26N2O3.C8H8O3/c1-13(2)22-16-5-3-4-14(10-16)11-19-18(21)23-17-12-20-8-6-15(17)7-9-20;9-7-3-1-2-6(4-7)5-8(10)11/h3-5,10,13,15,17H,6-9,11-12H2,1-2H3,(H,19,21);1-4,9H,5H2,(H,10,11). The highest BCUT2D eigenvalue weighted by atomic mass is 16.6. The normalized spacial score (nSPS) is 20.7. The van der Waals surface area contributed by atoms with E-state index in [2.05, 4.69) is 10.2 Å². The first-order valence-electron chi connectivity index (χ1n) is 11.7. The van der Waals surface area contributed by atoms with Crippen LogP contribution in [0.15, 0.2) is 48.5 Å². The highest BCUT2D eigenvalue weighted by molar-refractivity contribution is 5.70. The number of aromatic hydroxyl groups is 1. The summed E-state index contributed by atoms with van der Waals surface area (Å²) in [7, 11) is 0. The Morgan fingerprint density at radius 3 is 2.41 bits per heavy atom. The summed E-state index contributed by atoms with van der Waals surface area (Å²) in [5.74, 6) is 0.568. The zero-order valence-corrected chi connectivity index (χ0v) is 19.8. The number of amides is 1. The fourth-order valence-corrected chi connectivity index (χ4v) is 4.24. The van der Waals surface area contributed by atoms with Gasteiger partial charge in [-0.25, -0.2) is 4.79 Å². The fourth-order valence-electron chi connectivity index (χ4n) is 4.24. The van der Waals surface area contributed by atoms with Crippen molar-refractivity contribution in [1.29, 1.82) is 0 Å². The molecule has 0 aromatic heterocycles. The number of carboxylic acid groups (broad SMARTS) is 1.